The number of nitrogens with two attached hydrogens (primary N) is 1. The summed E-state index contributed by atoms with van der Waals surface area (Å²) in [7, 11) is 0. The summed E-state index contributed by atoms with van der Waals surface area (Å²) in [6.07, 6.45) is -4.82. The number of quaternary nitrogens is 1. The molecule has 2 N–H and O–H groups in total. The van der Waals surface area contributed by atoms with Crippen LogP contribution in [0.15, 0.2) is 52.0 Å². The molecule has 0 unspecified atom stereocenters. The molecule has 14 heteroatoms. The molecule has 0 spiro atoms. The van der Waals surface area contributed by atoms with Crippen LogP contribution in [0, 0.1) is 5.82 Å². The van der Waals surface area contributed by atoms with Crippen LogP contribution in [0.2, 0.25) is 0 Å². The predicted octanol–water partition coefficient (Wildman–Crippen LogP) is 1.01. The molecule has 3 amide bonds. The molecule has 38 heavy (non-hydrogen) atoms. The lowest BCUT2D eigenvalue weighted by Gasteiger charge is -2.33. The number of piperazine rings is 1. The van der Waals surface area contributed by atoms with E-state index in [-0.39, 0.29) is 23.9 Å². The summed E-state index contributed by atoms with van der Waals surface area (Å²) in [6.45, 7) is 4.18. The number of allylic oxidation sites excluding steroid dienone is 1. The van der Waals surface area contributed by atoms with Crippen molar-refractivity contribution in [3.8, 4) is 0 Å². The Morgan fingerprint density at radius 1 is 1.13 bits per heavy atom. The van der Waals surface area contributed by atoms with E-state index < -0.39 is 23.9 Å². The first-order chi connectivity index (χ1) is 17.8. The molecule has 4 rings (SSSR count). The van der Waals surface area contributed by atoms with E-state index in [1.807, 2.05) is 24.4 Å². The number of hydrogen-bond donors (Lipinski definition) is 1. The monoisotopic (exact) mass is 554 g/mol. The highest BCUT2D eigenvalue weighted by molar-refractivity contribution is 7.14. The largest absolute Gasteiger partial charge is 0.542 e. The zero-order valence-electron chi connectivity index (χ0n) is 20.2. The zero-order valence-corrected chi connectivity index (χ0v) is 21.0. The van der Waals surface area contributed by atoms with E-state index in [4.69, 9.17) is 9.90 Å². The van der Waals surface area contributed by atoms with E-state index in [1.54, 1.807) is 17.9 Å². The van der Waals surface area contributed by atoms with Crippen molar-refractivity contribution >= 4 is 45.7 Å². The first kappa shape index (κ1) is 28.7. The third-order valence-corrected chi connectivity index (χ3v) is 6.74. The van der Waals surface area contributed by atoms with Crippen LogP contribution >= 0.6 is 11.3 Å². The maximum absolute atomic E-state index is 14.5. The Balaban J connectivity index is 0.000000505. The zero-order chi connectivity index (χ0) is 28.2. The van der Waals surface area contributed by atoms with Crippen LogP contribution < -0.4 is 15.4 Å². The van der Waals surface area contributed by atoms with Crippen molar-refractivity contribution in [1.82, 2.24) is 4.90 Å². The van der Waals surface area contributed by atoms with Gasteiger partial charge in [0.25, 0.3) is 5.91 Å². The maximum atomic E-state index is 14.5. The SMILES string of the molecule is CC1=C(C)C(Cc2ccc(F)c(C(=O)N3CCN(c4cccs4)C(=O)C3)c2)=N[NH2+]C1=O.O=C([O-])C(F)(F)F. The number of benzene rings is 1. The number of amides is 3. The number of nitrogens with zero attached hydrogens (tertiary/aromatic N) is 3. The first-order valence-electron chi connectivity index (χ1n) is 11.1. The van der Waals surface area contributed by atoms with Gasteiger partial charge in [-0.25, -0.2) is 9.18 Å². The lowest BCUT2D eigenvalue weighted by atomic mass is 9.97. The summed E-state index contributed by atoms with van der Waals surface area (Å²) in [5.41, 5.74) is 4.06. The summed E-state index contributed by atoms with van der Waals surface area (Å²) in [6, 6.07) is 8.11. The summed E-state index contributed by atoms with van der Waals surface area (Å²) in [5.74, 6) is -4.45. The molecule has 2 aliphatic heterocycles. The Morgan fingerprint density at radius 2 is 1.82 bits per heavy atom. The van der Waals surface area contributed by atoms with E-state index in [9.17, 15) is 31.9 Å². The first-order valence-corrected chi connectivity index (χ1v) is 12.0. The number of halogens is 4. The van der Waals surface area contributed by atoms with Crippen LogP contribution in [0.4, 0.5) is 22.6 Å². The second-order valence-corrected chi connectivity index (χ2v) is 9.24. The van der Waals surface area contributed by atoms with Crippen molar-refractivity contribution in [3.63, 3.8) is 0 Å². The molecule has 202 valence electrons. The molecular weight excluding hydrogens is 532 g/mol. The van der Waals surface area contributed by atoms with Gasteiger partial charge in [-0.15, -0.1) is 11.3 Å². The third kappa shape index (κ3) is 6.69. The second kappa shape index (κ2) is 11.6. The topological polar surface area (TPSA) is 127 Å². The van der Waals surface area contributed by atoms with E-state index in [2.05, 4.69) is 5.10 Å². The quantitative estimate of drug-likeness (QED) is 0.446. The number of alkyl halides is 3. The number of aliphatic carboxylic acids is 1. The minimum Gasteiger partial charge on any atom is -0.542 e. The normalized spacial score (nSPS) is 16.2. The molecule has 1 aromatic carbocycles. The number of primary amides is 1. The molecule has 0 saturated carbocycles. The van der Waals surface area contributed by atoms with Gasteiger partial charge in [-0.1, -0.05) is 11.2 Å². The number of hydrogen-bond acceptors (Lipinski definition) is 7. The Hall–Kier alpha value is -3.91. The standard InChI is InChI=1S/C22H21FN4O3S.C2HF3O2/c1-13-14(2)21(29)25-24-18(13)11-15-5-6-17(23)16(10-15)22(30)26-7-8-27(19(28)12-26)20-4-3-9-31-20;3-2(4,5)1(6)7/h3-6,9-10H,7-8,11-12H2,1-2H3,(H,25,29);(H,6,7). The van der Waals surface area contributed by atoms with Crippen LogP contribution in [0.25, 0.3) is 0 Å². The van der Waals surface area contributed by atoms with Gasteiger partial charge in [0.15, 0.2) is 0 Å². The van der Waals surface area contributed by atoms with Crippen LogP contribution in [0.3, 0.4) is 0 Å². The Morgan fingerprint density at radius 3 is 2.39 bits per heavy atom. The minimum absolute atomic E-state index is 0.0651. The van der Waals surface area contributed by atoms with Crippen LogP contribution in [0.1, 0.15) is 29.8 Å². The molecule has 0 bridgehead atoms. The molecule has 3 heterocycles. The summed E-state index contributed by atoms with van der Waals surface area (Å²) in [5, 5.41) is 15.7. The van der Waals surface area contributed by atoms with Crippen molar-refractivity contribution in [3.05, 3.63) is 63.8 Å². The number of rotatable bonds is 4. The molecule has 2 aliphatic rings. The van der Waals surface area contributed by atoms with E-state index >= 15 is 0 Å². The van der Waals surface area contributed by atoms with Crippen molar-refractivity contribution in [2.24, 2.45) is 5.10 Å². The molecule has 1 fully saturated rings. The lowest BCUT2D eigenvalue weighted by Crippen LogP contribution is -2.84. The smallest absolute Gasteiger partial charge is 0.430 e. The molecule has 1 saturated heterocycles. The van der Waals surface area contributed by atoms with Crippen LogP contribution in [-0.4, -0.2) is 60.1 Å². The molecule has 0 radical (unpaired) electrons. The highest BCUT2D eigenvalue weighted by Gasteiger charge is 2.31. The van der Waals surface area contributed by atoms with Gasteiger partial charge in [0.05, 0.1) is 16.1 Å². The van der Waals surface area contributed by atoms with Gasteiger partial charge >= 0.3 is 12.1 Å². The Kier molecular flexibility index (Phi) is 8.78. The number of carboxylic acids is 1. The average Bonchev–Trinajstić information content (AvgIpc) is 3.39. The highest BCUT2D eigenvalue weighted by Crippen LogP contribution is 2.24. The summed E-state index contributed by atoms with van der Waals surface area (Å²) >= 11 is 1.46. The number of thiophene rings is 1. The molecule has 0 aliphatic carbocycles. The number of carbonyl (C=O) groups is 4. The summed E-state index contributed by atoms with van der Waals surface area (Å²) in [4.78, 5) is 49.1. The van der Waals surface area contributed by atoms with Gasteiger partial charge in [0.2, 0.25) is 5.91 Å². The molecule has 2 aromatic rings. The molecule has 0 atom stereocenters. The Labute approximate surface area is 218 Å². The highest BCUT2D eigenvalue weighted by atomic mass is 32.1. The van der Waals surface area contributed by atoms with Crippen molar-refractivity contribution in [2.75, 3.05) is 24.5 Å². The molecular formula is C24H22F4N4O5S. The lowest BCUT2D eigenvalue weighted by molar-refractivity contribution is -0.571. The van der Waals surface area contributed by atoms with Crippen molar-refractivity contribution in [1.29, 1.82) is 0 Å². The average molecular weight is 555 g/mol. The number of anilines is 1. The third-order valence-electron chi connectivity index (χ3n) is 5.85. The van der Waals surface area contributed by atoms with Crippen LogP contribution in [-0.2, 0) is 20.8 Å². The predicted molar refractivity (Wildman–Crippen MR) is 126 cm³/mol. The van der Waals surface area contributed by atoms with Crippen molar-refractivity contribution in [2.45, 2.75) is 26.4 Å². The van der Waals surface area contributed by atoms with Gasteiger partial charge in [0, 0.05) is 19.5 Å². The fourth-order valence-corrected chi connectivity index (χ4v) is 4.40. The van der Waals surface area contributed by atoms with Crippen molar-refractivity contribution < 1.29 is 47.3 Å². The van der Waals surface area contributed by atoms with Gasteiger partial charge in [0.1, 0.15) is 24.0 Å². The van der Waals surface area contributed by atoms with Gasteiger partial charge in [-0.05, 0) is 54.6 Å². The van der Waals surface area contributed by atoms with E-state index in [0.717, 1.165) is 10.6 Å². The maximum Gasteiger partial charge on any atom is 0.430 e. The molecule has 1 aromatic heterocycles. The van der Waals surface area contributed by atoms with E-state index in [0.29, 0.717) is 36.4 Å². The van der Waals surface area contributed by atoms with Gasteiger partial charge in [-0.2, -0.15) is 18.6 Å². The fraction of sp³-hybridized carbons (Fsp3) is 0.292. The minimum atomic E-state index is -5.19. The number of carbonyl (C=O) groups excluding carboxylic acids is 4. The molecule has 9 nitrogen and oxygen atoms in total. The number of carboxylic acid groups (broad SMARTS) is 1. The van der Waals surface area contributed by atoms with E-state index in [1.165, 1.54) is 33.8 Å². The Bertz CT molecular complexity index is 1320. The van der Waals surface area contributed by atoms with Gasteiger partial charge < -0.3 is 19.7 Å². The van der Waals surface area contributed by atoms with Gasteiger partial charge in [-0.3, -0.25) is 9.59 Å². The second-order valence-electron chi connectivity index (χ2n) is 8.32. The fourth-order valence-electron chi connectivity index (χ4n) is 3.62. The van der Waals surface area contributed by atoms with Crippen LogP contribution in [0.5, 0.6) is 0 Å². The summed E-state index contributed by atoms with van der Waals surface area (Å²) < 4.78 is 46.1.